The highest BCUT2D eigenvalue weighted by Gasteiger charge is 2.27. The number of anilines is 3. The van der Waals surface area contributed by atoms with Gasteiger partial charge in [0.15, 0.2) is 0 Å². The third-order valence-electron chi connectivity index (χ3n) is 4.93. The van der Waals surface area contributed by atoms with Gasteiger partial charge in [0.2, 0.25) is 11.8 Å². The number of rotatable bonds is 7. The summed E-state index contributed by atoms with van der Waals surface area (Å²) >= 11 is 5.92. The van der Waals surface area contributed by atoms with E-state index in [9.17, 15) is 18.0 Å². The Morgan fingerprint density at radius 3 is 2.12 bits per heavy atom. The summed E-state index contributed by atoms with van der Waals surface area (Å²) in [4.78, 5) is 24.2. The molecule has 2 amide bonds. The van der Waals surface area contributed by atoms with Crippen LogP contribution in [0.1, 0.15) is 18.1 Å². The van der Waals surface area contributed by atoms with Gasteiger partial charge >= 0.3 is 0 Å². The predicted octanol–water partition coefficient (Wildman–Crippen LogP) is 4.75. The Labute approximate surface area is 198 Å². The molecule has 3 aromatic rings. The van der Waals surface area contributed by atoms with Gasteiger partial charge in [0.1, 0.15) is 6.54 Å². The van der Waals surface area contributed by atoms with E-state index in [1.807, 2.05) is 19.9 Å². The van der Waals surface area contributed by atoms with Gasteiger partial charge in [-0.2, -0.15) is 0 Å². The number of sulfonamides is 1. The van der Waals surface area contributed by atoms with Crippen molar-refractivity contribution in [3.8, 4) is 0 Å². The molecule has 0 bridgehead atoms. The number of carbonyl (C=O) groups is 2. The van der Waals surface area contributed by atoms with Crippen LogP contribution in [0.3, 0.4) is 0 Å². The van der Waals surface area contributed by atoms with Gasteiger partial charge in [-0.05, 0) is 79.6 Å². The highest BCUT2D eigenvalue weighted by molar-refractivity contribution is 7.92. The van der Waals surface area contributed by atoms with Crippen molar-refractivity contribution >= 4 is 50.5 Å². The van der Waals surface area contributed by atoms with E-state index in [4.69, 9.17) is 11.6 Å². The first-order chi connectivity index (χ1) is 15.6. The minimum absolute atomic E-state index is 0.0191. The first-order valence-electron chi connectivity index (χ1n) is 10.1. The van der Waals surface area contributed by atoms with Gasteiger partial charge in [-0.3, -0.25) is 13.9 Å². The summed E-state index contributed by atoms with van der Waals surface area (Å²) in [6.45, 7) is 4.73. The van der Waals surface area contributed by atoms with Crippen LogP contribution in [-0.2, 0) is 19.6 Å². The van der Waals surface area contributed by atoms with Crippen molar-refractivity contribution in [2.24, 2.45) is 0 Å². The third-order valence-corrected chi connectivity index (χ3v) is 6.97. The van der Waals surface area contributed by atoms with Crippen molar-refractivity contribution in [3.63, 3.8) is 0 Å². The zero-order chi connectivity index (χ0) is 24.2. The number of halogens is 1. The second kappa shape index (κ2) is 10.1. The van der Waals surface area contributed by atoms with Gasteiger partial charge in [0.05, 0.1) is 10.6 Å². The molecule has 0 aliphatic heterocycles. The SMILES string of the molecule is CC(=O)Nc1cccc(NC(=O)CN(c2ccc(C)c(C)c2)S(=O)(=O)c2ccc(Cl)cc2)c1. The van der Waals surface area contributed by atoms with E-state index < -0.39 is 22.5 Å². The lowest BCUT2D eigenvalue weighted by molar-refractivity contribution is -0.115. The van der Waals surface area contributed by atoms with E-state index in [1.165, 1.54) is 31.2 Å². The van der Waals surface area contributed by atoms with Crippen LogP contribution in [0.15, 0.2) is 71.6 Å². The van der Waals surface area contributed by atoms with Gasteiger partial charge < -0.3 is 10.6 Å². The zero-order valence-electron chi connectivity index (χ0n) is 18.4. The van der Waals surface area contributed by atoms with Crippen molar-refractivity contribution in [1.82, 2.24) is 0 Å². The van der Waals surface area contributed by atoms with Gasteiger partial charge in [0.25, 0.3) is 10.0 Å². The third kappa shape index (κ3) is 6.12. The molecule has 0 atom stereocenters. The van der Waals surface area contributed by atoms with E-state index in [2.05, 4.69) is 10.6 Å². The Balaban J connectivity index is 1.93. The number of hydrogen-bond donors (Lipinski definition) is 2. The number of carbonyl (C=O) groups excluding carboxylic acids is 2. The van der Waals surface area contributed by atoms with Crippen LogP contribution in [-0.4, -0.2) is 26.8 Å². The molecule has 0 saturated carbocycles. The lowest BCUT2D eigenvalue weighted by Crippen LogP contribution is -2.38. The molecule has 3 aromatic carbocycles. The van der Waals surface area contributed by atoms with Gasteiger partial charge in [0, 0.05) is 23.3 Å². The van der Waals surface area contributed by atoms with Gasteiger partial charge in [-0.25, -0.2) is 8.42 Å². The molecule has 0 unspecified atom stereocenters. The smallest absolute Gasteiger partial charge is 0.264 e. The number of nitrogens with zero attached hydrogens (tertiary/aromatic N) is 1. The van der Waals surface area contributed by atoms with Crippen molar-refractivity contribution < 1.29 is 18.0 Å². The van der Waals surface area contributed by atoms with E-state index in [1.54, 1.807) is 36.4 Å². The number of benzene rings is 3. The van der Waals surface area contributed by atoms with Gasteiger partial charge in [-0.1, -0.05) is 23.7 Å². The molecular weight excluding hydrogens is 462 g/mol. The van der Waals surface area contributed by atoms with Crippen molar-refractivity contribution in [1.29, 1.82) is 0 Å². The van der Waals surface area contributed by atoms with Crippen LogP contribution in [0.4, 0.5) is 17.1 Å². The maximum atomic E-state index is 13.5. The molecule has 2 N–H and O–H groups in total. The molecule has 3 rings (SSSR count). The van der Waals surface area contributed by atoms with Gasteiger partial charge in [-0.15, -0.1) is 0 Å². The molecule has 7 nitrogen and oxygen atoms in total. The molecule has 9 heteroatoms. The van der Waals surface area contributed by atoms with E-state index in [0.717, 1.165) is 15.4 Å². The molecule has 0 saturated heterocycles. The molecule has 172 valence electrons. The summed E-state index contributed by atoms with van der Waals surface area (Å²) in [7, 11) is -4.06. The molecule has 0 heterocycles. The highest BCUT2D eigenvalue weighted by atomic mass is 35.5. The Bertz CT molecular complexity index is 1290. The van der Waals surface area contributed by atoms with Crippen LogP contribution in [0.25, 0.3) is 0 Å². The number of amides is 2. The average molecular weight is 486 g/mol. The Morgan fingerprint density at radius 2 is 1.52 bits per heavy atom. The summed E-state index contributed by atoms with van der Waals surface area (Å²) in [6.07, 6.45) is 0. The Morgan fingerprint density at radius 1 is 0.879 bits per heavy atom. The normalized spacial score (nSPS) is 11.0. The second-order valence-corrected chi connectivity index (χ2v) is 9.84. The van der Waals surface area contributed by atoms with Crippen LogP contribution >= 0.6 is 11.6 Å². The summed E-state index contributed by atoms with van der Waals surface area (Å²) in [5.74, 6) is -0.779. The average Bonchev–Trinajstić information content (AvgIpc) is 2.74. The minimum Gasteiger partial charge on any atom is -0.326 e. The lowest BCUT2D eigenvalue weighted by atomic mass is 10.1. The molecule has 0 spiro atoms. The molecule has 0 radical (unpaired) electrons. The van der Waals surface area contributed by atoms with Crippen LogP contribution < -0.4 is 14.9 Å². The maximum absolute atomic E-state index is 13.5. The van der Waals surface area contributed by atoms with Crippen molar-refractivity contribution in [3.05, 3.63) is 82.9 Å². The predicted molar refractivity (Wildman–Crippen MR) is 131 cm³/mol. The van der Waals surface area contributed by atoms with Crippen LogP contribution in [0.5, 0.6) is 0 Å². The Hall–Kier alpha value is -3.36. The first-order valence-corrected chi connectivity index (χ1v) is 11.9. The van der Waals surface area contributed by atoms with Crippen molar-refractivity contribution in [2.75, 3.05) is 21.5 Å². The second-order valence-electron chi connectivity index (χ2n) is 7.54. The molecule has 33 heavy (non-hydrogen) atoms. The fourth-order valence-corrected chi connectivity index (χ4v) is 4.68. The number of hydrogen-bond acceptors (Lipinski definition) is 4. The fourth-order valence-electron chi connectivity index (χ4n) is 3.14. The quantitative estimate of drug-likeness (QED) is 0.504. The molecule has 0 aliphatic rings. The maximum Gasteiger partial charge on any atom is 0.264 e. The molecular formula is C24H24ClN3O4S. The molecule has 0 aromatic heterocycles. The summed E-state index contributed by atoms with van der Waals surface area (Å²) < 4.78 is 28.0. The highest BCUT2D eigenvalue weighted by Crippen LogP contribution is 2.27. The monoisotopic (exact) mass is 485 g/mol. The number of nitrogens with one attached hydrogen (secondary N) is 2. The van der Waals surface area contributed by atoms with E-state index >= 15 is 0 Å². The van der Waals surface area contributed by atoms with Crippen LogP contribution in [0, 0.1) is 13.8 Å². The topological polar surface area (TPSA) is 95.6 Å². The minimum atomic E-state index is -4.06. The summed E-state index contributed by atoms with van der Waals surface area (Å²) in [6, 6.07) is 17.6. The number of aryl methyl sites for hydroxylation is 2. The summed E-state index contributed by atoms with van der Waals surface area (Å²) in [5, 5.41) is 5.74. The molecule has 0 fully saturated rings. The zero-order valence-corrected chi connectivity index (χ0v) is 20.0. The van der Waals surface area contributed by atoms with E-state index in [0.29, 0.717) is 22.1 Å². The van der Waals surface area contributed by atoms with Crippen LogP contribution in [0.2, 0.25) is 5.02 Å². The standard InChI is InChI=1S/C24H24ClN3O4S/c1-16-7-10-22(13-17(16)2)28(33(31,32)23-11-8-19(25)9-12-23)15-24(30)27-21-6-4-5-20(14-21)26-18(3)29/h4-14H,15H2,1-3H3,(H,26,29)(H,27,30). The molecule has 0 aliphatic carbocycles. The first kappa shape index (κ1) is 24.3. The largest absolute Gasteiger partial charge is 0.326 e. The van der Waals surface area contributed by atoms with E-state index in [-0.39, 0.29) is 10.8 Å². The lowest BCUT2D eigenvalue weighted by Gasteiger charge is -2.25. The fraction of sp³-hybridized carbons (Fsp3) is 0.167. The Kier molecular flexibility index (Phi) is 7.40. The van der Waals surface area contributed by atoms with Crippen molar-refractivity contribution in [2.45, 2.75) is 25.7 Å². The summed E-state index contributed by atoms with van der Waals surface area (Å²) in [5.41, 5.74) is 3.21.